The van der Waals surface area contributed by atoms with Crippen LogP contribution in [0.3, 0.4) is 0 Å². The fourth-order valence-corrected chi connectivity index (χ4v) is 2.01. The lowest BCUT2D eigenvalue weighted by molar-refractivity contribution is 0.594. The highest BCUT2D eigenvalue weighted by Crippen LogP contribution is 1.87. The lowest BCUT2D eigenvalue weighted by Gasteiger charge is -1.91. The highest BCUT2D eigenvalue weighted by molar-refractivity contribution is 7.89. The number of azide groups is 1. The van der Waals surface area contributed by atoms with Crippen molar-refractivity contribution in [3.05, 3.63) is 10.4 Å². The van der Waals surface area contributed by atoms with Gasteiger partial charge in [-0.25, -0.2) is 27.1 Å². The van der Waals surface area contributed by atoms with E-state index in [9.17, 15) is 16.8 Å². The van der Waals surface area contributed by atoms with Crippen LogP contribution < -0.4 is 10.3 Å². The zero-order valence-corrected chi connectivity index (χ0v) is 12.0. The maximum Gasteiger partial charge on any atom is 0.209 e. The summed E-state index contributed by atoms with van der Waals surface area (Å²) in [5, 5.41) is 12.4. The largest absolute Gasteiger partial charge is 0.229 e. The number of nitrogens with zero attached hydrogens (tertiary/aromatic N) is 3. The van der Waals surface area contributed by atoms with Gasteiger partial charge in [-0.1, -0.05) is 5.11 Å². The highest BCUT2D eigenvalue weighted by atomic mass is 35.5. The number of alkyl halides is 1. The van der Waals surface area contributed by atoms with Crippen LogP contribution in [0, 0.1) is 0 Å². The molecule has 4 N–H and O–H groups in total. The minimum atomic E-state index is -3.39. The van der Waals surface area contributed by atoms with Gasteiger partial charge in [0, 0.05) is 17.3 Å². The van der Waals surface area contributed by atoms with Gasteiger partial charge in [-0.15, -0.1) is 11.6 Å². The van der Waals surface area contributed by atoms with Crippen molar-refractivity contribution in [3.63, 3.8) is 0 Å². The van der Waals surface area contributed by atoms with Crippen LogP contribution in [0.15, 0.2) is 5.11 Å². The van der Waals surface area contributed by atoms with Crippen LogP contribution in [0.4, 0.5) is 0 Å². The number of hydrogen-bond acceptors (Lipinski definition) is 5. The van der Waals surface area contributed by atoms with Gasteiger partial charge in [0.2, 0.25) is 20.0 Å². The van der Waals surface area contributed by atoms with Crippen LogP contribution >= 0.6 is 11.6 Å². The Kier molecular flexibility index (Phi) is 11.4. The van der Waals surface area contributed by atoms with E-state index < -0.39 is 20.0 Å². The number of hydrogen-bond donors (Lipinski definition) is 2. The first-order valence-electron chi connectivity index (χ1n) is 4.70. The van der Waals surface area contributed by atoms with Gasteiger partial charge < -0.3 is 0 Å². The molecular weight excluding hydrogens is 306 g/mol. The van der Waals surface area contributed by atoms with Crippen LogP contribution in [0.1, 0.15) is 12.8 Å². The molecule has 0 amide bonds. The van der Waals surface area contributed by atoms with Crippen molar-refractivity contribution in [1.29, 1.82) is 0 Å². The van der Waals surface area contributed by atoms with Gasteiger partial charge >= 0.3 is 0 Å². The van der Waals surface area contributed by atoms with Crippen LogP contribution in [-0.4, -0.2) is 40.8 Å². The van der Waals surface area contributed by atoms with E-state index in [1.807, 2.05) is 0 Å². The van der Waals surface area contributed by atoms with Crippen LogP contribution in [0.25, 0.3) is 10.4 Å². The van der Waals surface area contributed by atoms with E-state index in [1.165, 1.54) is 0 Å². The third kappa shape index (κ3) is 24.6. The summed E-state index contributed by atoms with van der Waals surface area (Å²) in [7, 11) is -6.66. The Morgan fingerprint density at radius 1 is 1.06 bits per heavy atom. The maximum atomic E-state index is 10.2. The van der Waals surface area contributed by atoms with Crippen molar-refractivity contribution in [2.24, 2.45) is 15.4 Å². The first kappa shape index (κ1) is 19.8. The van der Waals surface area contributed by atoms with Crippen molar-refractivity contribution in [2.45, 2.75) is 12.8 Å². The molecule has 0 aliphatic carbocycles. The van der Waals surface area contributed by atoms with E-state index in [2.05, 4.69) is 20.3 Å². The molecule has 0 heterocycles. The fraction of sp³-hybridized carbons (Fsp3) is 1.00. The molecular formula is C6H16ClN5O4S2. The first-order chi connectivity index (χ1) is 8.12. The highest BCUT2D eigenvalue weighted by Gasteiger charge is 1.99. The first-order valence-corrected chi connectivity index (χ1v) is 8.66. The Bertz CT molecular complexity index is 456. The molecule has 0 aromatic rings. The summed E-state index contributed by atoms with van der Waals surface area (Å²) < 4.78 is 40.7. The van der Waals surface area contributed by atoms with Gasteiger partial charge in [0.25, 0.3) is 0 Å². The second kappa shape index (κ2) is 10.4. The van der Waals surface area contributed by atoms with Crippen molar-refractivity contribution in [3.8, 4) is 0 Å². The summed E-state index contributed by atoms with van der Waals surface area (Å²) in [5.41, 5.74) is 7.77. The lowest BCUT2D eigenvalue weighted by Crippen LogP contribution is -2.16. The van der Waals surface area contributed by atoms with E-state index in [-0.39, 0.29) is 24.5 Å². The summed E-state index contributed by atoms with van der Waals surface area (Å²) >= 11 is 5.19. The monoisotopic (exact) mass is 321 g/mol. The quantitative estimate of drug-likeness (QED) is 0.219. The van der Waals surface area contributed by atoms with Crippen molar-refractivity contribution < 1.29 is 16.8 Å². The summed E-state index contributed by atoms with van der Waals surface area (Å²) in [6.07, 6.45) is 0.712. The number of rotatable bonds is 7. The summed E-state index contributed by atoms with van der Waals surface area (Å²) in [6.45, 7) is 0.174. The van der Waals surface area contributed by atoms with Gasteiger partial charge in [0.15, 0.2) is 0 Å². The Morgan fingerprint density at radius 2 is 1.50 bits per heavy atom. The predicted molar refractivity (Wildman–Crippen MR) is 69.9 cm³/mol. The third-order valence-electron chi connectivity index (χ3n) is 1.31. The second-order valence-electron chi connectivity index (χ2n) is 3.08. The standard InChI is InChI=1S/C3H8ClNO2S.C3H8N4O2S/c4-2-1-3-8(5,6)7;4-7-6-2-1-3-10(5,8)9/h1-3H2,(H2,5,6,7);1-3H2,(H2,5,8,9). The van der Waals surface area contributed by atoms with Crippen LogP contribution in [-0.2, 0) is 20.0 Å². The molecule has 0 radical (unpaired) electrons. The zero-order valence-electron chi connectivity index (χ0n) is 9.57. The molecule has 0 rings (SSSR count). The normalized spacial score (nSPS) is 11.1. The topological polar surface area (TPSA) is 169 Å². The molecule has 0 aliphatic heterocycles. The summed E-state index contributed by atoms with van der Waals surface area (Å²) in [5.74, 6) is 0.193. The zero-order chi connectivity index (χ0) is 14.7. The third-order valence-corrected chi connectivity index (χ3v) is 3.30. The maximum absolute atomic E-state index is 10.2. The van der Waals surface area contributed by atoms with E-state index in [0.717, 1.165) is 0 Å². The summed E-state index contributed by atoms with van der Waals surface area (Å²) in [6, 6.07) is 0. The van der Waals surface area contributed by atoms with Crippen molar-refractivity contribution >= 4 is 31.6 Å². The van der Waals surface area contributed by atoms with Crippen LogP contribution in [0.2, 0.25) is 0 Å². The molecule has 0 aromatic carbocycles. The minimum absolute atomic E-state index is 0.0174. The SMILES string of the molecule is NS(=O)(=O)CCCCl.[N-]=[N+]=NCCCS(N)(=O)=O. The Hall–Kier alpha value is -0.580. The molecule has 0 aliphatic rings. The molecule has 12 heteroatoms. The van der Waals surface area contributed by atoms with Gasteiger partial charge in [0.05, 0.1) is 11.5 Å². The summed E-state index contributed by atoms with van der Waals surface area (Å²) in [4.78, 5) is 2.44. The fourth-order valence-electron chi connectivity index (χ4n) is 0.637. The minimum Gasteiger partial charge on any atom is -0.229 e. The second-order valence-corrected chi connectivity index (χ2v) is 6.93. The Labute approximate surface area is 111 Å². The molecule has 0 saturated carbocycles. The van der Waals surface area contributed by atoms with Crippen molar-refractivity contribution in [2.75, 3.05) is 23.9 Å². The Morgan fingerprint density at radius 3 is 1.78 bits per heavy atom. The average molecular weight is 322 g/mol. The molecule has 0 saturated heterocycles. The van der Waals surface area contributed by atoms with E-state index in [0.29, 0.717) is 12.3 Å². The number of halogens is 1. The smallest absolute Gasteiger partial charge is 0.209 e. The molecule has 9 nitrogen and oxygen atoms in total. The van der Waals surface area contributed by atoms with Gasteiger partial charge in [-0.3, -0.25) is 0 Å². The van der Waals surface area contributed by atoms with E-state index in [4.69, 9.17) is 17.1 Å². The molecule has 0 fully saturated rings. The van der Waals surface area contributed by atoms with E-state index in [1.54, 1.807) is 0 Å². The molecule has 0 aromatic heterocycles. The lowest BCUT2D eigenvalue weighted by atomic mass is 10.5. The number of sulfonamides is 2. The van der Waals surface area contributed by atoms with Gasteiger partial charge in [-0.2, -0.15) is 0 Å². The molecule has 0 unspecified atom stereocenters. The predicted octanol–water partition coefficient (Wildman–Crippen LogP) is -0.121. The molecule has 0 spiro atoms. The van der Waals surface area contributed by atoms with Crippen molar-refractivity contribution in [1.82, 2.24) is 0 Å². The van der Waals surface area contributed by atoms with Crippen LogP contribution in [0.5, 0.6) is 0 Å². The molecule has 0 atom stereocenters. The molecule has 108 valence electrons. The van der Waals surface area contributed by atoms with Gasteiger partial charge in [0.1, 0.15) is 0 Å². The molecule has 0 bridgehead atoms. The Balaban J connectivity index is 0. The average Bonchev–Trinajstić information content (AvgIpc) is 2.20. The number of primary sulfonamides is 2. The number of nitrogens with two attached hydrogens (primary N) is 2. The van der Waals surface area contributed by atoms with Gasteiger partial charge in [-0.05, 0) is 18.4 Å². The molecule has 18 heavy (non-hydrogen) atoms. The van der Waals surface area contributed by atoms with E-state index >= 15 is 0 Å².